The van der Waals surface area contributed by atoms with Gasteiger partial charge in [0.1, 0.15) is 17.1 Å². The molecule has 1 aromatic rings. The fourth-order valence-corrected chi connectivity index (χ4v) is 1.70. The molecule has 21 heavy (non-hydrogen) atoms. The third-order valence-corrected chi connectivity index (χ3v) is 2.70. The molecule has 114 valence electrons. The van der Waals surface area contributed by atoms with Crippen LogP contribution < -0.4 is 4.90 Å². The number of nitrogens with zero attached hydrogens (tertiary/aromatic N) is 3. The summed E-state index contributed by atoms with van der Waals surface area (Å²) in [6.07, 6.45) is -4.62. The highest BCUT2D eigenvalue weighted by atomic mass is 19.4. The van der Waals surface area contributed by atoms with Crippen LogP contribution in [0.2, 0.25) is 0 Å². The van der Waals surface area contributed by atoms with Crippen LogP contribution in [0.3, 0.4) is 0 Å². The molecule has 5 nitrogen and oxygen atoms in total. The lowest BCUT2D eigenvalue weighted by Gasteiger charge is -2.22. The minimum atomic E-state index is -4.62. The van der Waals surface area contributed by atoms with Crippen molar-refractivity contribution in [3.63, 3.8) is 0 Å². The smallest absolute Gasteiger partial charge is 0.433 e. The van der Waals surface area contributed by atoms with E-state index in [2.05, 4.69) is 9.72 Å². The van der Waals surface area contributed by atoms with Gasteiger partial charge in [-0.2, -0.15) is 18.4 Å². The molecular formula is C13H14F3N3O2. The maximum absolute atomic E-state index is 12.7. The highest BCUT2D eigenvalue weighted by Gasteiger charge is 2.34. The van der Waals surface area contributed by atoms with E-state index in [4.69, 9.17) is 5.26 Å². The van der Waals surface area contributed by atoms with Gasteiger partial charge < -0.3 is 9.64 Å². The zero-order valence-corrected chi connectivity index (χ0v) is 11.7. The number of carbonyl (C=O) groups excluding carboxylic acids is 1. The van der Waals surface area contributed by atoms with E-state index in [1.807, 2.05) is 6.07 Å². The van der Waals surface area contributed by atoms with Crippen LogP contribution in [0.4, 0.5) is 19.0 Å². The van der Waals surface area contributed by atoms with E-state index in [0.717, 1.165) is 19.2 Å². The van der Waals surface area contributed by atoms with Crippen molar-refractivity contribution in [2.75, 3.05) is 25.6 Å². The van der Waals surface area contributed by atoms with Gasteiger partial charge in [0.05, 0.1) is 19.1 Å². The van der Waals surface area contributed by atoms with Gasteiger partial charge in [0, 0.05) is 13.6 Å². The fraction of sp³-hybridized carbons (Fsp3) is 0.462. The van der Waals surface area contributed by atoms with Gasteiger partial charge in [0.25, 0.3) is 0 Å². The van der Waals surface area contributed by atoms with E-state index in [1.165, 1.54) is 11.9 Å². The van der Waals surface area contributed by atoms with Gasteiger partial charge in [-0.3, -0.25) is 0 Å². The summed E-state index contributed by atoms with van der Waals surface area (Å²) in [5, 5.41) is 8.77. The molecule has 0 aliphatic heterocycles. The summed E-state index contributed by atoms with van der Waals surface area (Å²) < 4.78 is 42.7. The van der Waals surface area contributed by atoms with Gasteiger partial charge >= 0.3 is 12.1 Å². The third-order valence-electron chi connectivity index (χ3n) is 2.70. The normalized spacial score (nSPS) is 12.4. The minimum absolute atomic E-state index is 0.0851. The summed E-state index contributed by atoms with van der Waals surface area (Å²) in [5.74, 6) is -1.39. The van der Waals surface area contributed by atoms with E-state index < -0.39 is 23.8 Å². The molecule has 0 bridgehead atoms. The lowest BCUT2D eigenvalue weighted by atomic mass is 10.1. The van der Waals surface area contributed by atoms with Crippen molar-refractivity contribution in [1.29, 1.82) is 5.26 Å². The molecule has 0 aliphatic rings. The zero-order chi connectivity index (χ0) is 16.2. The number of hydrogen-bond donors (Lipinski definition) is 0. The second-order valence-electron chi connectivity index (χ2n) is 4.47. The first-order valence-corrected chi connectivity index (χ1v) is 5.98. The summed E-state index contributed by atoms with van der Waals surface area (Å²) in [4.78, 5) is 16.4. The number of methoxy groups -OCH3 is 1. The maximum atomic E-state index is 12.7. The van der Waals surface area contributed by atoms with Crippen molar-refractivity contribution < 1.29 is 22.7 Å². The fourth-order valence-electron chi connectivity index (χ4n) is 1.70. The molecule has 0 saturated carbocycles. The van der Waals surface area contributed by atoms with Gasteiger partial charge in [0.15, 0.2) is 0 Å². The molecule has 8 heteroatoms. The number of carbonyl (C=O) groups is 1. The summed E-state index contributed by atoms with van der Waals surface area (Å²) >= 11 is 0. The highest BCUT2D eigenvalue weighted by Crippen LogP contribution is 2.30. The van der Waals surface area contributed by atoms with E-state index in [-0.39, 0.29) is 17.9 Å². The molecule has 1 heterocycles. The van der Waals surface area contributed by atoms with Gasteiger partial charge in [-0.05, 0) is 19.1 Å². The second-order valence-corrected chi connectivity index (χ2v) is 4.47. The minimum Gasteiger partial charge on any atom is -0.465 e. The SMILES string of the molecule is COC(=O)c1ccc(C(F)(F)F)nc1N(C)C[C@H](C)C#N. The first-order valence-electron chi connectivity index (χ1n) is 5.98. The third kappa shape index (κ3) is 4.08. The Bertz CT molecular complexity index is 567. The average molecular weight is 301 g/mol. The Hall–Kier alpha value is -2.30. The van der Waals surface area contributed by atoms with E-state index in [1.54, 1.807) is 6.92 Å². The van der Waals surface area contributed by atoms with Crippen LogP contribution in [-0.2, 0) is 10.9 Å². The zero-order valence-electron chi connectivity index (χ0n) is 11.7. The van der Waals surface area contributed by atoms with Crippen LogP contribution >= 0.6 is 0 Å². The second kappa shape index (κ2) is 6.43. The number of nitriles is 1. The number of ether oxygens (including phenoxy) is 1. The molecule has 0 aliphatic carbocycles. The Labute approximate surface area is 119 Å². The van der Waals surface area contributed by atoms with Crippen molar-refractivity contribution in [3.05, 3.63) is 23.4 Å². The molecule has 0 amide bonds. The van der Waals surface area contributed by atoms with Crippen LogP contribution in [-0.4, -0.2) is 31.7 Å². The summed E-state index contributed by atoms with van der Waals surface area (Å²) in [7, 11) is 2.59. The molecule has 0 radical (unpaired) electrons. The lowest BCUT2D eigenvalue weighted by molar-refractivity contribution is -0.141. The van der Waals surface area contributed by atoms with Crippen molar-refractivity contribution in [1.82, 2.24) is 4.98 Å². The number of halogens is 3. The Morgan fingerprint density at radius 3 is 2.62 bits per heavy atom. The van der Waals surface area contributed by atoms with Crippen LogP contribution in [0.25, 0.3) is 0 Å². The highest BCUT2D eigenvalue weighted by molar-refractivity contribution is 5.94. The largest absolute Gasteiger partial charge is 0.465 e. The Kier molecular flexibility index (Phi) is 5.13. The van der Waals surface area contributed by atoms with Crippen molar-refractivity contribution in [2.45, 2.75) is 13.1 Å². The molecule has 0 unspecified atom stereocenters. The Morgan fingerprint density at radius 2 is 2.14 bits per heavy atom. The first-order chi connectivity index (χ1) is 9.70. The van der Waals surface area contributed by atoms with Crippen LogP contribution in [0.1, 0.15) is 23.0 Å². The van der Waals surface area contributed by atoms with Crippen LogP contribution in [0.5, 0.6) is 0 Å². The monoisotopic (exact) mass is 301 g/mol. The Morgan fingerprint density at radius 1 is 1.52 bits per heavy atom. The van der Waals surface area contributed by atoms with Crippen molar-refractivity contribution >= 4 is 11.8 Å². The number of esters is 1. The molecule has 0 saturated heterocycles. The molecule has 1 atom stereocenters. The lowest BCUT2D eigenvalue weighted by Crippen LogP contribution is -2.27. The Balaban J connectivity index is 3.29. The van der Waals surface area contributed by atoms with Gasteiger partial charge in [0.2, 0.25) is 0 Å². The maximum Gasteiger partial charge on any atom is 0.433 e. The summed E-state index contributed by atoms with van der Waals surface area (Å²) in [6, 6.07) is 3.70. The molecule has 0 N–H and O–H groups in total. The quantitative estimate of drug-likeness (QED) is 0.799. The average Bonchev–Trinajstić information content (AvgIpc) is 2.44. The molecule has 0 aromatic carbocycles. The van der Waals surface area contributed by atoms with Crippen LogP contribution in [0, 0.1) is 17.2 Å². The molecule has 1 aromatic heterocycles. The number of anilines is 1. The molecule has 1 rings (SSSR count). The number of aromatic nitrogens is 1. The standard InChI is InChI=1S/C13H14F3N3O2/c1-8(6-17)7-19(2)11-9(12(20)21-3)4-5-10(18-11)13(14,15)16/h4-5,8H,7H2,1-3H3/t8-/m1/s1. The predicted octanol–water partition coefficient (Wildman–Crippen LogP) is 2.48. The van der Waals surface area contributed by atoms with Gasteiger partial charge in [-0.1, -0.05) is 0 Å². The van der Waals surface area contributed by atoms with E-state index >= 15 is 0 Å². The van der Waals surface area contributed by atoms with Crippen LogP contribution in [0.15, 0.2) is 12.1 Å². The van der Waals surface area contributed by atoms with Crippen molar-refractivity contribution in [2.24, 2.45) is 5.92 Å². The topological polar surface area (TPSA) is 66.2 Å². The first kappa shape index (κ1) is 16.8. The number of pyridine rings is 1. The summed E-state index contributed by atoms with van der Waals surface area (Å²) in [5.41, 5.74) is -1.19. The van der Waals surface area contributed by atoms with E-state index in [0.29, 0.717) is 0 Å². The summed E-state index contributed by atoms with van der Waals surface area (Å²) in [6.45, 7) is 1.75. The predicted molar refractivity (Wildman–Crippen MR) is 68.6 cm³/mol. The van der Waals surface area contributed by atoms with E-state index in [9.17, 15) is 18.0 Å². The van der Waals surface area contributed by atoms with Gasteiger partial charge in [-0.15, -0.1) is 0 Å². The number of alkyl halides is 3. The number of hydrogen-bond acceptors (Lipinski definition) is 5. The van der Waals surface area contributed by atoms with Gasteiger partial charge in [-0.25, -0.2) is 9.78 Å². The number of rotatable bonds is 4. The molecular weight excluding hydrogens is 287 g/mol. The molecule has 0 spiro atoms. The molecule has 0 fully saturated rings. The van der Waals surface area contributed by atoms with Crippen molar-refractivity contribution in [3.8, 4) is 6.07 Å².